The monoisotopic (exact) mass is 463 g/mol. The predicted octanol–water partition coefficient (Wildman–Crippen LogP) is 2.58. The summed E-state index contributed by atoms with van der Waals surface area (Å²) in [6.45, 7) is 5.27. The molecule has 34 heavy (non-hydrogen) atoms. The summed E-state index contributed by atoms with van der Waals surface area (Å²) in [5, 5.41) is 10.1. The minimum atomic E-state index is 0.0502. The van der Waals surface area contributed by atoms with Gasteiger partial charge in [0.25, 0.3) is 0 Å². The van der Waals surface area contributed by atoms with Crippen LogP contribution in [-0.4, -0.2) is 79.3 Å². The van der Waals surface area contributed by atoms with Gasteiger partial charge in [-0.1, -0.05) is 11.8 Å². The van der Waals surface area contributed by atoms with Crippen LogP contribution >= 0.6 is 0 Å². The number of hydrogen-bond donors (Lipinski definition) is 2. The maximum Gasteiger partial charge on any atom is 0.161 e. The number of methoxy groups -OCH3 is 1. The number of nitrogens with one attached hydrogen (secondary N) is 1. The third kappa shape index (κ3) is 4.88. The second kappa shape index (κ2) is 10.5. The number of aliphatic hydroxyl groups is 1. The molecule has 2 saturated heterocycles. The van der Waals surface area contributed by atoms with Crippen LogP contribution in [0.1, 0.15) is 17.5 Å². The largest absolute Gasteiger partial charge is 0.493 e. The van der Waals surface area contributed by atoms with Gasteiger partial charge in [0.05, 0.1) is 45.8 Å². The van der Waals surface area contributed by atoms with Crippen LogP contribution in [0.25, 0.3) is 22.3 Å². The second-order valence-corrected chi connectivity index (χ2v) is 8.41. The highest BCUT2D eigenvalue weighted by Gasteiger charge is 2.23. The van der Waals surface area contributed by atoms with Gasteiger partial charge in [0, 0.05) is 54.3 Å². The molecule has 0 bridgehead atoms. The Labute approximate surface area is 198 Å². The number of nitrogens with zero attached hydrogens (tertiary/aromatic N) is 2. The van der Waals surface area contributed by atoms with Gasteiger partial charge < -0.3 is 29.0 Å². The molecular weight excluding hydrogens is 434 g/mol. The van der Waals surface area contributed by atoms with Crippen LogP contribution < -0.4 is 9.47 Å². The highest BCUT2D eigenvalue weighted by atomic mass is 16.6. The molecule has 0 aliphatic carbocycles. The lowest BCUT2D eigenvalue weighted by atomic mass is 10.0. The maximum atomic E-state index is 9.04. The number of aromatic amines is 1. The summed E-state index contributed by atoms with van der Waals surface area (Å²) in [5.41, 5.74) is 4.82. The fourth-order valence-corrected chi connectivity index (χ4v) is 4.19. The van der Waals surface area contributed by atoms with E-state index in [0.717, 1.165) is 60.7 Å². The number of morpholine rings is 1. The highest BCUT2D eigenvalue weighted by molar-refractivity contribution is 5.89. The molecule has 2 aliphatic heterocycles. The molecule has 0 amide bonds. The SMILES string of the molecule is COc1cc(-c2[nH]c3ncc(C#CCCO)cc3c2CN2CCOCC2)ccc1OC1COC1. The molecule has 0 spiro atoms. The molecule has 5 rings (SSSR count). The van der Waals surface area contributed by atoms with Gasteiger partial charge in [-0.3, -0.25) is 4.90 Å². The van der Waals surface area contributed by atoms with Gasteiger partial charge >= 0.3 is 0 Å². The smallest absolute Gasteiger partial charge is 0.161 e. The number of H-pyrrole nitrogens is 1. The summed E-state index contributed by atoms with van der Waals surface area (Å²) in [5.74, 6) is 7.49. The van der Waals surface area contributed by atoms with Crippen molar-refractivity contribution in [3.8, 4) is 34.6 Å². The maximum absolute atomic E-state index is 9.04. The van der Waals surface area contributed by atoms with Crippen molar-refractivity contribution in [3.63, 3.8) is 0 Å². The average Bonchev–Trinajstić information content (AvgIpc) is 3.20. The van der Waals surface area contributed by atoms with Crippen molar-refractivity contribution in [1.29, 1.82) is 0 Å². The number of aliphatic hydroxyl groups excluding tert-OH is 1. The fraction of sp³-hybridized carbons (Fsp3) is 0.423. The van der Waals surface area contributed by atoms with E-state index in [1.54, 1.807) is 13.3 Å². The Balaban J connectivity index is 1.54. The first-order valence-electron chi connectivity index (χ1n) is 11.6. The normalized spacial score (nSPS) is 16.6. The van der Waals surface area contributed by atoms with Crippen LogP contribution in [0.15, 0.2) is 30.5 Å². The molecular formula is C26H29N3O5. The molecule has 2 N–H and O–H groups in total. The fourth-order valence-electron chi connectivity index (χ4n) is 4.19. The number of rotatable bonds is 7. The Hall–Kier alpha value is -3.09. The summed E-state index contributed by atoms with van der Waals surface area (Å²) in [7, 11) is 1.65. The van der Waals surface area contributed by atoms with Crippen LogP contribution in [0.4, 0.5) is 0 Å². The van der Waals surface area contributed by atoms with Gasteiger partial charge in [0.1, 0.15) is 11.8 Å². The first-order valence-corrected chi connectivity index (χ1v) is 11.6. The zero-order valence-corrected chi connectivity index (χ0v) is 19.3. The zero-order valence-electron chi connectivity index (χ0n) is 19.3. The molecule has 178 valence electrons. The van der Waals surface area contributed by atoms with E-state index in [0.29, 0.717) is 31.1 Å². The lowest BCUT2D eigenvalue weighted by molar-refractivity contribution is -0.0803. The number of ether oxygens (including phenoxy) is 4. The molecule has 3 aromatic rings. The van der Waals surface area contributed by atoms with Crippen molar-refractivity contribution in [1.82, 2.24) is 14.9 Å². The van der Waals surface area contributed by atoms with Crippen molar-refractivity contribution in [2.45, 2.75) is 19.1 Å². The van der Waals surface area contributed by atoms with E-state index in [2.05, 4.69) is 32.8 Å². The molecule has 0 saturated carbocycles. The Bertz CT molecular complexity index is 1200. The third-order valence-electron chi connectivity index (χ3n) is 6.07. The molecule has 8 nitrogen and oxygen atoms in total. The number of hydrogen-bond acceptors (Lipinski definition) is 7. The van der Waals surface area contributed by atoms with E-state index in [-0.39, 0.29) is 12.7 Å². The van der Waals surface area contributed by atoms with Gasteiger partial charge in [0.2, 0.25) is 0 Å². The Morgan fingerprint density at radius 2 is 2.03 bits per heavy atom. The summed E-state index contributed by atoms with van der Waals surface area (Å²) in [4.78, 5) is 10.6. The average molecular weight is 464 g/mol. The molecule has 2 aromatic heterocycles. The molecule has 0 unspecified atom stereocenters. The van der Waals surface area contributed by atoms with Crippen molar-refractivity contribution in [2.24, 2.45) is 0 Å². The van der Waals surface area contributed by atoms with Crippen molar-refractivity contribution in [2.75, 3.05) is 53.2 Å². The van der Waals surface area contributed by atoms with E-state index >= 15 is 0 Å². The van der Waals surface area contributed by atoms with E-state index < -0.39 is 0 Å². The summed E-state index contributed by atoms with van der Waals surface area (Å²) in [6, 6.07) is 8.08. The van der Waals surface area contributed by atoms with E-state index in [4.69, 9.17) is 24.1 Å². The van der Waals surface area contributed by atoms with Crippen LogP contribution in [0.3, 0.4) is 0 Å². The standard InChI is InChI=1S/C26H29N3O5/c1-31-24-13-19(5-6-23(24)34-20-16-33-17-20)25-22(15-29-7-10-32-11-8-29)21-12-18(4-2-3-9-30)14-27-26(21)28-25/h5-6,12-14,20,30H,3,7-11,15-17H2,1H3,(H,27,28). The van der Waals surface area contributed by atoms with E-state index in [9.17, 15) is 0 Å². The number of benzene rings is 1. The highest BCUT2D eigenvalue weighted by Crippen LogP contribution is 2.37. The third-order valence-corrected chi connectivity index (χ3v) is 6.07. The second-order valence-electron chi connectivity index (χ2n) is 8.41. The van der Waals surface area contributed by atoms with E-state index in [1.807, 2.05) is 18.2 Å². The molecule has 2 aliphatic rings. The molecule has 4 heterocycles. The van der Waals surface area contributed by atoms with Crippen LogP contribution in [0.2, 0.25) is 0 Å². The van der Waals surface area contributed by atoms with Crippen molar-refractivity contribution >= 4 is 11.0 Å². The van der Waals surface area contributed by atoms with Gasteiger partial charge in [-0.15, -0.1) is 0 Å². The minimum absolute atomic E-state index is 0.0502. The zero-order chi connectivity index (χ0) is 23.3. The van der Waals surface area contributed by atoms with Crippen molar-refractivity contribution < 1.29 is 24.1 Å². The first kappa shape index (κ1) is 22.7. The molecule has 8 heteroatoms. The predicted molar refractivity (Wildman–Crippen MR) is 128 cm³/mol. The lowest BCUT2D eigenvalue weighted by Crippen LogP contribution is -2.38. The van der Waals surface area contributed by atoms with Crippen molar-refractivity contribution in [3.05, 3.63) is 41.6 Å². The molecule has 2 fully saturated rings. The summed E-state index contributed by atoms with van der Waals surface area (Å²) in [6.07, 6.45) is 2.28. The topological polar surface area (TPSA) is 89.1 Å². The number of pyridine rings is 1. The molecule has 0 radical (unpaired) electrons. The van der Waals surface area contributed by atoms with Crippen LogP contribution in [0.5, 0.6) is 11.5 Å². The van der Waals surface area contributed by atoms with Gasteiger partial charge in [-0.05, 0) is 24.3 Å². The minimum Gasteiger partial charge on any atom is -0.493 e. The molecule has 1 aromatic carbocycles. The lowest BCUT2D eigenvalue weighted by Gasteiger charge is -2.28. The van der Waals surface area contributed by atoms with Gasteiger partial charge in [-0.25, -0.2) is 4.98 Å². The van der Waals surface area contributed by atoms with Gasteiger partial charge in [-0.2, -0.15) is 0 Å². The van der Waals surface area contributed by atoms with E-state index in [1.165, 1.54) is 5.56 Å². The van der Waals surface area contributed by atoms with Crippen LogP contribution in [0, 0.1) is 11.8 Å². The van der Waals surface area contributed by atoms with Gasteiger partial charge in [0.15, 0.2) is 11.5 Å². The quantitative estimate of drug-likeness (QED) is 0.521. The molecule has 0 atom stereocenters. The Kier molecular flexibility index (Phi) is 6.97. The number of fused-ring (bicyclic) bond motifs is 1. The Morgan fingerprint density at radius 1 is 1.18 bits per heavy atom. The summed E-state index contributed by atoms with van der Waals surface area (Å²) >= 11 is 0. The Morgan fingerprint density at radius 3 is 2.76 bits per heavy atom. The summed E-state index contributed by atoms with van der Waals surface area (Å²) < 4.78 is 22.4. The van der Waals surface area contributed by atoms with Crippen LogP contribution in [-0.2, 0) is 16.0 Å². The first-order chi connectivity index (χ1) is 16.7. The number of aromatic nitrogens is 2.